The van der Waals surface area contributed by atoms with Gasteiger partial charge in [0.1, 0.15) is 0 Å². The second-order valence-electron chi connectivity index (χ2n) is 5.78. The fourth-order valence-electron chi connectivity index (χ4n) is 2.90. The number of rotatable bonds is 5. The van der Waals surface area contributed by atoms with Gasteiger partial charge in [-0.3, -0.25) is 4.79 Å². The number of hydrogen-bond donors (Lipinski definition) is 2. The number of amides is 1. The van der Waals surface area contributed by atoms with Crippen molar-refractivity contribution in [3.63, 3.8) is 0 Å². The van der Waals surface area contributed by atoms with Crippen LogP contribution in [0.1, 0.15) is 51.9 Å². The maximum Gasteiger partial charge on any atom is 0.242 e. The fourth-order valence-corrected chi connectivity index (χ4v) is 4.09. The summed E-state index contributed by atoms with van der Waals surface area (Å²) in [6.07, 6.45) is 5.92. The molecule has 0 radical (unpaired) electrons. The molecule has 18 heavy (non-hydrogen) atoms. The van der Waals surface area contributed by atoms with E-state index in [1.807, 2.05) is 0 Å². The lowest BCUT2D eigenvalue weighted by Crippen LogP contribution is -2.60. The third-order valence-electron chi connectivity index (χ3n) is 4.91. The van der Waals surface area contributed by atoms with Gasteiger partial charge in [-0.1, -0.05) is 13.3 Å². The zero-order valence-corrected chi connectivity index (χ0v) is 11.7. The van der Waals surface area contributed by atoms with Crippen LogP contribution in [0.4, 0.5) is 0 Å². The largest absolute Gasteiger partial charge is 0.354 e. The molecule has 5 nitrogen and oxygen atoms in total. The average molecular weight is 274 g/mol. The molecular weight excluding hydrogens is 252 g/mol. The van der Waals surface area contributed by atoms with Crippen LogP contribution in [0.15, 0.2) is 0 Å². The monoisotopic (exact) mass is 274 g/mol. The second kappa shape index (κ2) is 4.49. The summed E-state index contributed by atoms with van der Waals surface area (Å²) in [5.74, 6) is -0.393. The Kier molecular flexibility index (Phi) is 3.44. The Labute approximate surface area is 109 Å². The molecule has 2 aliphatic rings. The quantitative estimate of drug-likeness (QED) is 0.780. The number of carbonyl (C=O) groups is 1. The molecule has 2 aliphatic carbocycles. The van der Waals surface area contributed by atoms with Gasteiger partial charge in [-0.15, -0.1) is 0 Å². The smallest absolute Gasteiger partial charge is 0.242 e. The summed E-state index contributed by atoms with van der Waals surface area (Å²) >= 11 is 0. The van der Waals surface area contributed by atoms with Crippen molar-refractivity contribution in [3.8, 4) is 0 Å². The van der Waals surface area contributed by atoms with Crippen molar-refractivity contribution in [2.75, 3.05) is 6.54 Å². The minimum atomic E-state index is -3.80. The Bertz CT molecular complexity index is 431. The number of carbonyl (C=O) groups excluding carboxylic acids is 1. The average Bonchev–Trinajstić information content (AvgIpc) is 2.12. The Hall–Kier alpha value is -0.620. The van der Waals surface area contributed by atoms with Crippen LogP contribution in [0.25, 0.3) is 0 Å². The fraction of sp³-hybridized carbons (Fsp3) is 0.917. The Morgan fingerprint density at radius 2 is 1.78 bits per heavy atom. The highest BCUT2D eigenvalue weighted by molar-refractivity contribution is 7.91. The van der Waals surface area contributed by atoms with E-state index in [4.69, 9.17) is 5.14 Å². The Balaban J connectivity index is 1.99. The topological polar surface area (TPSA) is 89.3 Å². The van der Waals surface area contributed by atoms with Crippen LogP contribution >= 0.6 is 0 Å². The molecule has 0 atom stereocenters. The number of hydrogen-bond acceptors (Lipinski definition) is 3. The molecule has 0 aromatic carbocycles. The van der Waals surface area contributed by atoms with Crippen LogP contribution in [0.3, 0.4) is 0 Å². The van der Waals surface area contributed by atoms with Crippen molar-refractivity contribution >= 4 is 15.9 Å². The van der Waals surface area contributed by atoms with Crippen LogP contribution in [-0.4, -0.2) is 25.6 Å². The molecule has 104 valence electrons. The van der Waals surface area contributed by atoms with E-state index < -0.39 is 20.7 Å². The highest BCUT2D eigenvalue weighted by Gasteiger charge is 2.54. The number of sulfonamides is 1. The summed E-state index contributed by atoms with van der Waals surface area (Å²) in [4.78, 5) is 12.1. The Morgan fingerprint density at radius 3 is 2.06 bits per heavy atom. The molecule has 2 rings (SSSR count). The van der Waals surface area contributed by atoms with Gasteiger partial charge in [-0.2, -0.15) is 0 Å². The van der Waals surface area contributed by atoms with Gasteiger partial charge in [-0.25, -0.2) is 13.6 Å². The lowest BCUT2D eigenvalue weighted by Gasteiger charge is -2.43. The zero-order valence-electron chi connectivity index (χ0n) is 10.9. The van der Waals surface area contributed by atoms with Crippen LogP contribution in [0.5, 0.6) is 0 Å². The highest BCUT2D eigenvalue weighted by atomic mass is 32.2. The van der Waals surface area contributed by atoms with Crippen molar-refractivity contribution in [1.82, 2.24) is 5.32 Å². The molecule has 0 bridgehead atoms. The van der Waals surface area contributed by atoms with Gasteiger partial charge in [-0.05, 0) is 43.9 Å². The first-order valence-corrected chi connectivity index (χ1v) is 8.21. The van der Waals surface area contributed by atoms with E-state index in [1.165, 1.54) is 6.42 Å². The number of nitrogens with one attached hydrogen (secondary N) is 1. The van der Waals surface area contributed by atoms with Gasteiger partial charge in [0.2, 0.25) is 15.9 Å². The van der Waals surface area contributed by atoms with Crippen LogP contribution in [0, 0.1) is 5.41 Å². The molecule has 0 saturated heterocycles. The number of nitrogens with two attached hydrogens (primary N) is 1. The van der Waals surface area contributed by atoms with Crippen LogP contribution in [0.2, 0.25) is 0 Å². The molecular formula is C12H22N2O3S. The van der Waals surface area contributed by atoms with E-state index in [2.05, 4.69) is 12.2 Å². The predicted molar refractivity (Wildman–Crippen MR) is 69.3 cm³/mol. The lowest BCUT2D eigenvalue weighted by atomic mass is 9.67. The van der Waals surface area contributed by atoms with E-state index in [9.17, 15) is 13.2 Å². The van der Waals surface area contributed by atoms with Gasteiger partial charge in [0.25, 0.3) is 0 Å². The third-order valence-corrected chi connectivity index (χ3v) is 6.59. The number of primary sulfonamides is 1. The van der Waals surface area contributed by atoms with Crippen molar-refractivity contribution < 1.29 is 13.2 Å². The van der Waals surface area contributed by atoms with Gasteiger partial charge in [0.15, 0.2) is 4.75 Å². The first-order chi connectivity index (χ1) is 8.35. The maximum atomic E-state index is 12.1. The van der Waals surface area contributed by atoms with Crippen molar-refractivity contribution in [2.45, 2.75) is 56.6 Å². The van der Waals surface area contributed by atoms with Gasteiger partial charge in [0, 0.05) is 6.54 Å². The molecule has 0 aromatic rings. The minimum Gasteiger partial charge on any atom is -0.354 e. The minimum absolute atomic E-state index is 0.193. The van der Waals surface area contributed by atoms with Crippen molar-refractivity contribution in [1.29, 1.82) is 0 Å². The van der Waals surface area contributed by atoms with Crippen LogP contribution < -0.4 is 10.5 Å². The molecule has 0 spiro atoms. The summed E-state index contributed by atoms with van der Waals surface area (Å²) in [5, 5.41) is 8.03. The predicted octanol–water partition coefficient (Wildman–Crippen LogP) is 0.894. The second-order valence-corrected chi connectivity index (χ2v) is 7.65. The van der Waals surface area contributed by atoms with E-state index >= 15 is 0 Å². The molecule has 2 fully saturated rings. The molecule has 0 heterocycles. The van der Waals surface area contributed by atoms with Gasteiger partial charge in [0.05, 0.1) is 0 Å². The molecule has 3 N–H and O–H groups in total. The standard InChI is InChI=1S/C12H22N2O3S/c1-2-11(5-3-6-11)9-14-10(15)12(7-4-8-12)18(13,16)17/h2-9H2,1H3,(H,14,15)(H2,13,16,17). The van der Waals surface area contributed by atoms with E-state index in [0.29, 0.717) is 19.4 Å². The SMILES string of the molecule is CCC1(CNC(=O)C2(S(N)(=O)=O)CCC2)CCC1. The van der Waals surface area contributed by atoms with Gasteiger partial charge >= 0.3 is 0 Å². The summed E-state index contributed by atoms with van der Waals surface area (Å²) in [6.45, 7) is 2.70. The van der Waals surface area contributed by atoms with E-state index in [-0.39, 0.29) is 5.41 Å². The molecule has 2 saturated carbocycles. The summed E-state index contributed by atoms with van der Waals surface area (Å²) in [6, 6.07) is 0. The maximum absolute atomic E-state index is 12.1. The first kappa shape index (κ1) is 13.8. The van der Waals surface area contributed by atoms with Crippen LogP contribution in [-0.2, 0) is 14.8 Å². The molecule has 1 amide bonds. The molecule has 0 aliphatic heterocycles. The third kappa shape index (κ3) is 2.05. The molecule has 0 unspecified atom stereocenters. The highest BCUT2D eigenvalue weighted by Crippen LogP contribution is 2.44. The molecule has 0 aromatic heterocycles. The summed E-state index contributed by atoms with van der Waals surface area (Å²) < 4.78 is 21.8. The normalized spacial score (nSPS) is 24.8. The van der Waals surface area contributed by atoms with E-state index in [1.54, 1.807) is 0 Å². The van der Waals surface area contributed by atoms with Crippen molar-refractivity contribution in [2.24, 2.45) is 10.6 Å². The first-order valence-electron chi connectivity index (χ1n) is 6.66. The molecule has 6 heteroatoms. The summed E-state index contributed by atoms with van der Waals surface area (Å²) in [5.41, 5.74) is 0.193. The lowest BCUT2D eigenvalue weighted by molar-refractivity contribution is -0.126. The zero-order chi connectivity index (χ0) is 13.4. The summed E-state index contributed by atoms with van der Waals surface area (Å²) in [7, 11) is -3.80. The van der Waals surface area contributed by atoms with Crippen molar-refractivity contribution in [3.05, 3.63) is 0 Å². The van der Waals surface area contributed by atoms with E-state index in [0.717, 1.165) is 25.7 Å². The Morgan fingerprint density at radius 1 is 1.22 bits per heavy atom. The van der Waals surface area contributed by atoms with Gasteiger partial charge < -0.3 is 5.32 Å².